The summed E-state index contributed by atoms with van der Waals surface area (Å²) in [4.78, 5) is 9.98. The highest BCUT2D eigenvalue weighted by molar-refractivity contribution is 5.62. The van der Waals surface area contributed by atoms with E-state index in [2.05, 4.69) is 5.32 Å². The van der Waals surface area contributed by atoms with Crippen LogP contribution in [0.2, 0.25) is 0 Å². The van der Waals surface area contributed by atoms with E-state index < -0.39 is 22.2 Å². The molecule has 0 radical (unpaired) electrons. The van der Waals surface area contributed by atoms with Gasteiger partial charge in [0, 0.05) is 19.0 Å². The Labute approximate surface area is 115 Å². The lowest BCUT2D eigenvalue weighted by atomic mass is 9.88. The molecular weight excluding hydrogens is 268 g/mol. The molecule has 7 heteroatoms. The summed E-state index contributed by atoms with van der Waals surface area (Å²) in [6.07, 6.45) is 0.899. The number of nitrogens with one attached hydrogen (secondary N) is 1. The van der Waals surface area contributed by atoms with E-state index in [0.29, 0.717) is 25.0 Å². The van der Waals surface area contributed by atoms with E-state index in [0.717, 1.165) is 0 Å². The number of benzene rings is 1. The van der Waals surface area contributed by atoms with Crippen LogP contribution in [0.4, 0.5) is 20.2 Å². The average Bonchev–Trinajstić information content (AvgIpc) is 2.34. The van der Waals surface area contributed by atoms with Gasteiger partial charge in [0.2, 0.25) is 0 Å². The molecular formula is C13H15F2N3O2. The molecule has 0 aliphatic heterocycles. The number of halogens is 2. The summed E-state index contributed by atoms with van der Waals surface area (Å²) in [5.74, 6) is -2.00. The first-order chi connectivity index (χ1) is 9.26. The predicted molar refractivity (Wildman–Crippen MR) is 70.1 cm³/mol. The van der Waals surface area contributed by atoms with Gasteiger partial charge in [-0.2, -0.15) is 5.26 Å². The minimum Gasteiger partial charge on any atom is -0.377 e. The van der Waals surface area contributed by atoms with Gasteiger partial charge in [0.25, 0.3) is 5.69 Å². The lowest BCUT2D eigenvalue weighted by Gasteiger charge is -2.24. The van der Waals surface area contributed by atoms with Crippen LogP contribution in [0.25, 0.3) is 0 Å². The maximum atomic E-state index is 13.6. The normalized spacial score (nSPS) is 10.9. The van der Waals surface area contributed by atoms with Crippen molar-refractivity contribution in [2.75, 3.05) is 11.9 Å². The Balaban J connectivity index is 2.93. The van der Waals surface area contributed by atoms with Gasteiger partial charge in [0.05, 0.1) is 17.1 Å². The second kappa shape index (κ2) is 6.28. The molecule has 0 saturated carbocycles. The smallest absolute Gasteiger partial charge is 0.298 e. The molecule has 20 heavy (non-hydrogen) atoms. The van der Waals surface area contributed by atoms with Gasteiger partial charge in [-0.15, -0.1) is 0 Å². The third-order valence-electron chi connectivity index (χ3n) is 2.89. The summed E-state index contributed by atoms with van der Waals surface area (Å²) in [7, 11) is 0. The molecule has 0 fully saturated rings. The summed E-state index contributed by atoms with van der Waals surface area (Å²) in [6, 6.07) is 3.28. The number of rotatable bonds is 6. The van der Waals surface area contributed by atoms with Crippen LogP contribution >= 0.6 is 0 Å². The monoisotopic (exact) mass is 283 g/mol. The molecule has 5 nitrogen and oxygen atoms in total. The zero-order valence-electron chi connectivity index (χ0n) is 11.2. The fraction of sp³-hybridized carbons (Fsp3) is 0.462. The molecule has 0 atom stereocenters. The summed E-state index contributed by atoms with van der Waals surface area (Å²) < 4.78 is 26.6. The van der Waals surface area contributed by atoms with Gasteiger partial charge in [-0.1, -0.05) is 13.8 Å². The van der Waals surface area contributed by atoms with Crippen LogP contribution in [0.1, 0.15) is 26.7 Å². The Kier molecular flexibility index (Phi) is 4.97. The molecule has 1 N–H and O–H groups in total. The second-order valence-corrected chi connectivity index (χ2v) is 5.21. The molecule has 0 spiro atoms. The topological polar surface area (TPSA) is 79.0 Å². The Hall–Kier alpha value is -2.23. The molecule has 1 aromatic rings. The minimum absolute atomic E-state index is 0.234. The molecule has 0 aliphatic carbocycles. The molecule has 108 valence electrons. The minimum atomic E-state index is -1.01. The van der Waals surface area contributed by atoms with Crippen molar-refractivity contribution in [2.24, 2.45) is 5.41 Å². The molecule has 0 unspecified atom stereocenters. The highest BCUT2D eigenvalue weighted by Gasteiger charge is 2.23. The number of nitro benzene ring substituents is 1. The van der Waals surface area contributed by atoms with Gasteiger partial charge in [0.1, 0.15) is 11.5 Å². The number of nitrogens with zero attached hydrogens (tertiary/aromatic N) is 2. The highest BCUT2D eigenvalue weighted by atomic mass is 19.1. The van der Waals surface area contributed by atoms with Gasteiger partial charge in [-0.3, -0.25) is 10.1 Å². The van der Waals surface area contributed by atoms with Crippen molar-refractivity contribution in [1.82, 2.24) is 0 Å². The maximum absolute atomic E-state index is 13.6. The number of anilines is 1. The molecule has 0 heterocycles. The van der Waals surface area contributed by atoms with Gasteiger partial charge in [-0.05, 0) is 11.8 Å². The molecule has 0 amide bonds. The Morgan fingerprint density at radius 3 is 2.65 bits per heavy atom. The van der Waals surface area contributed by atoms with Crippen LogP contribution < -0.4 is 5.32 Å². The van der Waals surface area contributed by atoms with Crippen molar-refractivity contribution in [2.45, 2.75) is 26.7 Å². The van der Waals surface area contributed by atoms with Crippen molar-refractivity contribution < 1.29 is 13.7 Å². The number of hydrogen-bond donors (Lipinski definition) is 1. The standard InChI is InChI=1S/C13H15F2N3O2/c1-13(2,4-3-5-16)8-17-12-10(15)6-9(14)7-11(12)18(19)20/h6-7,17H,3-4,8H2,1-2H3. The van der Waals surface area contributed by atoms with E-state index in [-0.39, 0.29) is 17.6 Å². The highest BCUT2D eigenvalue weighted by Crippen LogP contribution is 2.31. The van der Waals surface area contributed by atoms with Crippen LogP contribution in [0.15, 0.2) is 12.1 Å². The molecule has 0 saturated heterocycles. The van der Waals surface area contributed by atoms with Crippen LogP contribution in [-0.2, 0) is 0 Å². The van der Waals surface area contributed by atoms with E-state index in [1.165, 1.54) is 0 Å². The van der Waals surface area contributed by atoms with Crippen molar-refractivity contribution in [3.8, 4) is 6.07 Å². The van der Waals surface area contributed by atoms with Gasteiger partial charge >= 0.3 is 0 Å². The Morgan fingerprint density at radius 2 is 2.10 bits per heavy atom. The van der Waals surface area contributed by atoms with Crippen LogP contribution in [0.5, 0.6) is 0 Å². The molecule has 0 aromatic heterocycles. The van der Waals surface area contributed by atoms with E-state index in [1.807, 2.05) is 19.9 Å². The average molecular weight is 283 g/mol. The van der Waals surface area contributed by atoms with E-state index >= 15 is 0 Å². The largest absolute Gasteiger partial charge is 0.377 e. The molecule has 0 bridgehead atoms. The van der Waals surface area contributed by atoms with Crippen molar-refractivity contribution >= 4 is 11.4 Å². The maximum Gasteiger partial charge on any atom is 0.298 e. The number of nitriles is 1. The Morgan fingerprint density at radius 1 is 1.45 bits per heavy atom. The molecule has 0 aliphatic rings. The van der Waals surface area contributed by atoms with Gasteiger partial charge in [-0.25, -0.2) is 8.78 Å². The summed E-state index contributed by atoms with van der Waals surface area (Å²) in [5, 5.41) is 22.0. The zero-order chi connectivity index (χ0) is 15.3. The third-order valence-corrected chi connectivity index (χ3v) is 2.89. The first-order valence-electron chi connectivity index (χ1n) is 6.01. The van der Waals surface area contributed by atoms with Crippen LogP contribution in [0, 0.1) is 38.5 Å². The SMILES string of the molecule is CC(C)(CCC#N)CNc1c(F)cc(F)cc1[N+](=O)[O-]. The van der Waals surface area contributed by atoms with Gasteiger partial charge < -0.3 is 5.32 Å². The number of nitro groups is 1. The summed E-state index contributed by atoms with van der Waals surface area (Å²) >= 11 is 0. The molecule has 1 aromatic carbocycles. The lowest BCUT2D eigenvalue weighted by molar-refractivity contribution is -0.384. The fourth-order valence-electron chi connectivity index (χ4n) is 1.69. The summed E-state index contributed by atoms with van der Waals surface area (Å²) in [5.41, 5.74) is -1.32. The van der Waals surface area contributed by atoms with Crippen molar-refractivity contribution in [3.63, 3.8) is 0 Å². The van der Waals surface area contributed by atoms with E-state index in [4.69, 9.17) is 5.26 Å². The van der Waals surface area contributed by atoms with Gasteiger partial charge in [0.15, 0.2) is 5.82 Å². The first kappa shape index (κ1) is 15.8. The first-order valence-corrected chi connectivity index (χ1v) is 6.01. The summed E-state index contributed by atoms with van der Waals surface area (Å²) in [6.45, 7) is 3.94. The van der Waals surface area contributed by atoms with E-state index in [9.17, 15) is 18.9 Å². The van der Waals surface area contributed by atoms with Crippen LogP contribution in [0.3, 0.4) is 0 Å². The zero-order valence-corrected chi connectivity index (χ0v) is 11.2. The lowest BCUT2D eigenvalue weighted by Crippen LogP contribution is -2.23. The van der Waals surface area contributed by atoms with Crippen molar-refractivity contribution in [3.05, 3.63) is 33.9 Å². The quantitative estimate of drug-likeness (QED) is 0.638. The molecule has 1 rings (SSSR count). The Bertz CT molecular complexity index is 553. The number of hydrogen-bond acceptors (Lipinski definition) is 4. The van der Waals surface area contributed by atoms with E-state index in [1.54, 1.807) is 0 Å². The fourth-order valence-corrected chi connectivity index (χ4v) is 1.69. The third kappa shape index (κ3) is 4.16. The van der Waals surface area contributed by atoms with Crippen LogP contribution in [-0.4, -0.2) is 11.5 Å². The second-order valence-electron chi connectivity index (χ2n) is 5.21. The predicted octanol–water partition coefficient (Wildman–Crippen LogP) is 3.61. The van der Waals surface area contributed by atoms with Crippen molar-refractivity contribution in [1.29, 1.82) is 5.26 Å².